The summed E-state index contributed by atoms with van der Waals surface area (Å²) in [6, 6.07) is 8.24. The van der Waals surface area contributed by atoms with Gasteiger partial charge in [0.05, 0.1) is 15.0 Å². The number of hydrogen-bond acceptors (Lipinski definition) is 4. The molecule has 1 heterocycles. The summed E-state index contributed by atoms with van der Waals surface area (Å²) in [6.45, 7) is 0.372. The minimum Gasteiger partial charge on any atom is -0.350 e. The molecule has 5 nitrogen and oxygen atoms in total. The highest BCUT2D eigenvalue weighted by molar-refractivity contribution is 6.42. The molecule has 0 saturated carbocycles. The monoisotopic (exact) mass is 311 g/mol. The highest BCUT2D eigenvalue weighted by atomic mass is 35.5. The van der Waals surface area contributed by atoms with E-state index >= 15 is 0 Å². The molecule has 0 saturated heterocycles. The summed E-state index contributed by atoms with van der Waals surface area (Å²) >= 11 is 12.1. The fraction of sp³-hybridized carbons (Fsp3) is 0.154. The summed E-state index contributed by atoms with van der Waals surface area (Å²) in [7, 11) is 1.71. The van der Waals surface area contributed by atoms with Crippen molar-refractivity contribution in [3.05, 3.63) is 62.3 Å². The molecule has 2 aromatic rings. The van der Waals surface area contributed by atoms with Crippen LogP contribution in [0.25, 0.3) is 0 Å². The topological polar surface area (TPSA) is 59.3 Å². The lowest BCUT2D eigenvalue weighted by Gasteiger charge is -2.18. The zero-order valence-electron chi connectivity index (χ0n) is 10.6. The summed E-state index contributed by atoms with van der Waals surface area (Å²) in [6.07, 6.45) is 1.51. The summed E-state index contributed by atoms with van der Waals surface area (Å²) in [5, 5.41) is 11.9. The number of hydrogen-bond donors (Lipinski definition) is 0. The van der Waals surface area contributed by atoms with E-state index in [1.165, 1.54) is 18.3 Å². The Balaban J connectivity index is 2.31. The third-order valence-corrected chi connectivity index (χ3v) is 3.62. The summed E-state index contributed by atoms with van der Waals surface area (Å²) in [5.74, 6) is 0.286. The van der Waals surface area contributed by atoms with Gasteiger partial charge in [0, 0.05) is 25.9 Å². The molecule has 0 fully saturated rings. The molecule has 0 radical (unpaired) electrons. The number of halogens is 2. The van der Waals surface area contributed by atoms with E-state index < -0.39 is 4.92 Å². The Labute approximate surface area is 125 Å². The van der Waals surface area contributed by atoms with E-state index in [1.54, 1.807) is 24.1 Å². The molecule has 1 aromatic carbocycles. The molecular weight excluding hydrogens is 301 g/mol. The Hall–Kier alpha value is -1.85. The molecule has 0 aliphatic heterocycles. The van der Waals surface area contributed by atoms with E-state index in [0.29, 0.717) is 16.6 Å². The zero-order chi connectivity index (χ0) is 14.7. The van der Waals surface area contributed by atoms with Crippen LogP contribution in [-0.4, -0.2) is 17.0 Å². The Bertz CT molecular complexity index is 649. The first-order chi connectivity index (χ1) is 9.50. The molecule has 1 aromatic heterocycles. The summed E-state index contributed by atoms with van der Waals surface area (Å²) < 4.78 is 0. The summed E-state index contributed by atoms with van der Waals surface area (Å²) in [5.41, 5.74) is 0.731. The molecule has 104 valence electrons. The van der Waals surface area contributed by atoms with Gasteiger partial charge in [-0.25, -0.2) is 4.98 Å². The van der Waals surface area contributed by atoms with Crippen molar-refractivity contribution in [3.63, 3.8) is 0 Å². The predicted octanol–water partition coefficient (Wildman–Crippen LogP) is 3.93. The fourth-order valence-corrected chi connectivity index (χ4v) is 2.21. The van der Waals surface area contributed by atoms with Crippen LogP contribution in [0.3, 0.4) is 0 Å². The van der Waals surface area contributed by atoms with Crippen LogP contribution in [0.1, 0.15) is 5.56 Å². The molecule has 7 heteroatoms. The van der Waals surface area contributed by atoms with Crippen LogP contribution in [0.2, 0.25) is 10.0 Å². The van der Waals surface area contributed by atoms with Crippen LogP contribution in [0.5, 0.6) is 0 Å². The van der Waals surface area contributed by atoms with Gasteiger partial charge in [0.25, 0.3) is 0 Å². The number of pyridine rings is 1. The molecule has 20 heavy (non-hydrogen) atoms. The van der Waals surface area contributed by atoms with E-state index in [2.05, 4.69) is 4.98 Å². The molecule has 0 atom stereocenters. The third kappa shape index (κ3) is 3.00. The van der Waals surface area contributed by atoms with Gasteiger partial charge < -0.3 is 4.90 Å². The second-order valence-electron chi connectivity index (χ2n) is 4.17. The van der Waals surface area contributed by atoms with Crippen LogP contribution in [-0.2, 0) is 6.54 Å². The van der Waals surface area contributed by atoms with Gasteiger partial charge >= 0.3 is 5.69 Å². The number of rotatable bonds is 4. The van der Waals surface area contributed by atoms with E-state index in [9.17, 15) is 10.1 Å². The maximum atomic E-state index is 11.0. The van der Waals surface area contributed by atoms with Gasteiger partial charge in [0.15, 0.2) is 0 Å². The van der Waals surface area contributed by atoms with Crippen LogP contribution in [0.15, 0.2) is 36.5 Å². The van der Waals surface area contributed by atoms with Gasteiger partial charge in [0.2, 0.25) is 5.82 Å². The average molecular weight is 312 g/mol. The van der Waals surface area contributed by atoms with Gasteiger partial charge in [-0.05, 0) is 17.7 Å². The predicted molar refractivity (Wildman–Crippen MR) is 79.5 cm³/mol. The average Bonchev–Trinajstić information content (AvgIpc) is 2.43. The van der Waals surface area contributed by atoms with Gasteiger partial charge in [-0.2, -0.15) is 0 Å². The molecule has 2 rings (SSSR count). The molecule has 0 N–H and O–H groups in total. The standard InChI is InChI=1S/C13H11Cl2N3O2/c1-17(8-9-4-2-5-10(14)12(9)15)13-11(18(19)20)6-3-7-16-13/h2-7H,8H2,1H3. The van der Waals surface area contributed by atoms with E-state index in [4.69, 9.17) is 23.2 Å². The Kier molecular flexibility index (Phi) is 4.42. The molecular formula is C13H11Cl2N3O2. The van der Waals surface area contributed by atoms with Crippen LogP contribution < -0.4 is 4.90 Å². The van der Waals surface area contributed by atoms with Crippen LogP contribution in [0.4, 0.5) is 11.5 Å². The van der Waals surface area contributed by atoms with Crippen LogP contribution in [0, 0.1) is 10.1 Å². The second kappa shape index (κ2) is 6.07. The maximum absolute atomic E-state index is 11.0. The third-order valence-electron chi connectivity index (χ3n) is 2.76. The summed E-state index contributed by atoms with van der Waals surface area (Å²) in [4.78, 5) is 16.3. The number of nitrogens with zero attached hydrogens (tertiary/aromatic N) is 3. The van der Waals surface area contributed by atoms with Gasteiger partial charge in [0.1, 0.15) is 0 Å². The molecule has 0 unspecified atom stereocenters. The lowest BCUT2D eigenvalue weighted by Crippen LogP contribution is -2.19. The minimum atomic E-state index is -0.460. The van der Waals surface area contributed by atoms with Crippen molar-refractivity contribution in [1.82, 2.24) is 4.98 Å². The number of benzene rings is 1. The Morgan fingerprint density at radius 3 is 2.75 bits per heavy atom. The number of aromatic nitrogens is 1. The molecule has 0 amide bonds. The Morgan fingerprint density at radius 2 is 2.05 bits per heavy atom. The van der Waals surface area contributed by atoms with Crippen LogP contribution >= 0.6 is 23.2 Å². The highest BCUT2D eigenvalue weighted by Gasteiger charge is 2.18. The van der Waals surface area contributed by atoms with Crippen molar-refractivity contribution in [3.8, 4) is 0 Å². The smallest absolute Gasteiger partial charge is 0.311 e. The molecule has 0 aliphatic carbocycles. The second-order valence-corrected chi connectivity index (χ2v) is 4.96. The first-order valence-corrected chi connectivity index (χ1v) is 6.49. The van der Waals surface area contributed by atoms with E-state index in [0.717, 1.165) is 5.56 Å². The van der Waals surface area contributed by atoms with Crippen molar-refractivity contribution in [2.75, 3.05) is 11.9 Å². The first kappa shape index (κ1) is 14.6. The highest BCUT2D eigenvalue weighted by Crippen LogP contribution is 2.29. The van der Waals surface area contributed by atoms with E-state index in [1.807, 2.05) is 6.07 Å². The Morgan fingerprint density at radius 1 is 1.30 bits per heavy atom. The lowest BCUT2D eigenvalue weighted by molar-refractivity contribution is -0.384. The van der Waals surface area contributed by atoms with Crippen molar-refractivity contribution < 1.29 is 4.92 Å². The first-order valence-electron chi connectivity index (χ1n) is 5.74. The minimum absolute atomic E-state index is 0.0480. The molecule has 0 bridgehead atoms. The lowest BCUT2D eigenvalue weighted by atomic mass is 10.2. The fourth-order valence-electron chi connectivity index (χ4n) is 1.83. The number of anilines is 1. The van der Waals surface area contributed by atoms with Gasteiger partial charge in [-0.3, -0.25) is 10.1 Å². The SMILES string of the molecule is CN(Cc1cccc(Cl)c1Cl)c1ncccc1[N+](=O)[O-]. The molecule has 0 spiro atoms. The largest absolute Gasteiger partial charge is 0.350 e. The van der Waals surface area contributed by atoms with Crippen molar-refractivity contribution in [1.29, 1.82) is 0 Å². The van der Waals surface area contributed by atoms with Gasteiger partial charge in [-0.1, -0.05) is 35.3 Å². The van der Waals surface area contributed by atoms with Crippen molar-refractivity contribution in [2.45, 2.75) is 6.54 Å². The van der Waals surface area contributed by atoms with Crippen molar-refractivity contribution in [2.24, 2.45) is 0 Å². The van der Waals surface area contributed by atoms with Gasteiger partial charge in [-0.15, -0.1) is 0 Å². The maximum Gasteiger partial charge on any atom is 0.311 e. The quantitative estimate of drug-likeness (QED) is 0.634. The number of nitro groups is 1. The van der Waals surface area contributed by atoms with Crippen molar-refractivity contribution >= 4 is 34.7 Å². The molecule has 0 aliphatic rings. The normalized spacial score (nSPS) is 10.3. The zero-order valence-corrected chi connectivity index (χ0v) is 12.1. The van der Waals surface area contributed by atoms with E-state index in [-0.39, 0.29) is 11.5 Å².